The van der Waals surface area contributed by atoms with Gasteiger partial charge >= 0.3 is 0 Å². The lowest BCUT2D eigenvalue weighted by atomic mass is 9.79. The molecule has 0 spiro atoms. The predicted molar refractivity (Wildman–Crippen MR) is 133 cm³/mol. The van der Waals surface area contributed by atoms with E-state index in [1.165, 1.54) is 0 Å². The van der Waals surface area contributed by atoms with E-state index in [4.69, 9.17) is 4.74 Å². The Bertz CT molecular complexity index is 1190. The number of methoxy groups -OCH3 is 1. The first-order valence-electron chi connectivity index (χ1n) is 11.0. The molecule has 162 valence electrons. The highest BCUT2D eigenvalue weighted by Gasteiger charge is 2.28. The van der Waals surface area contributed by atoms with E-state index in [1.54, 1.807) is 7.11 Å². The summed E-state index contributed by atoms with van der Waals surface area (Å²) in [5.41, 5.74) is 5.93. The third-order valence-electron chi connectivity index (χ3n) is 5.96. The average Bonchev–Trinajstić information content (AvgIpc) is 2.80. The first-order valence-corrected chi connectivity index (χ1v) is 11.0. The van der Waals surface area contributed by atoms with Gasteiger partial charge < -0.3 is 9.84 Å². The number of hydrogen-bond donors (Lipinski definition) is 1. The van der Waals surface area contributed by atoms with Crippen LogP contribution in [-0.4, -0.2) is 12.2 Å². The van der Waals surface area contributed by atoms with Crippen molar-refractivity contribution >= 4 is 0 Å². The molecule has 32 heavy (non-hydrogen) atoms. The Morgan fingerprint density at radius 2 is 1.28 bits per heavy atom. The normalized spacial score (nSPS) is 12.4. The summed E-state index contributed by atoms with van der Waals surface area (Å²) in [5.74, 6) is 1.01. The zero-order valence-corrected chi connectivity index (χ0v) is 19.2. The maximum atomic E-state index is 11.4. The molecule has 0 aromatic heterocycles. The van der Waals surface area contributed by atoms with Crippen LogP contribution in [0.3, 0.4) is 0 Å². The molecule has 4 aromatic carbocycles. The lowest BCUT2D eigenvalue weighted by molar-refractivity contribution is 0.409. The van der Waals surface area contributed by atoms with Crippen molar-refractivity contribution in [2.24, 2.45) is 0 Å². The summed E-state index contributed by atoms with van der Waals surface area (Å²) in [6.45, 7) is 6.37. The summed E-state index contributed by atoms with van der Waals surface area (Å²) in [6.07, 6.45) is 0. The molecule has 1 unspecified atom stereocenters. The fraction of sp³-hybridized carbons (Fsp3) is 0.200. The minimum atomic E-state index is -0.169. The zero-order valence-electron chi connectivity index (χ0n) is 19.2. The number of para-hydroxylation sites is 2. The molecule has 0 bridgehead atoms. The second-order valence-corrected chi connectivity index (χ2v) is 9.13. The highest BCUT2D eigenvalue weighted by atomic mass is 16.5. The molecule has 4 aromatic rings. The molecule has 0 aliphatic carbocycles. The van der Waals surface area contributed by atoms with Crippen LogP contribution >= 0.6 is 0 Å². The van der Waals surface area contributed by atoms with Gasteiger partial charge in [0.1, 0.15) is 11.5 Å². The maximum Gasteiger partial charge on any atom is 0.130 e. The van der Waals surface area contributed by atoms with Crippen molar-refractivity contribution in [3.63, 3.8) is 0 Å². The third-order valence-corrected chi connectivity index (χ3v) is 5.96. The molecule has 0 aliphatic heterocycles. The minimum absolute atomic E-state index is 0.169. The van der Waals surface area contributed by atoms with Gasteiger partial charge in [-0.15, -0.1) is 0 Å². The molecule has 1 N–H and O–H groups in total. The summed E-state index contributed by atoms with van der Waals surface area (Å²) in [4.78, 5) is 0. The van der Waals surface area contributed by atoms with E-state index in [1.807, 2.05) is 54.6 Å². The highest BCUT2D eigenvalue weighted by molar-refractivity contribution is 5.74. The van der Waals surface area contributed by atoms with Gasteiger partial charge in [-0.05, 0) is 22.1 Å². The topological polar surface area (TPSA) is 29.5 Å². The molecule has 2 heteroatoms. The molecule has 0 saturated carbocycles. The number of hydrogen-bond acceptors (Lipinski definition) is 2. The Labute approximate surface area is 191 Å². The van der Waals surface area contributed by atoms with Gasteiger partial charge in [-0.1, -0.05) is 118 Å². The van der Waals surface area contributed by atoms with E-state index in [2.05, 4.69) is 63.2 Å². The summed E-state index contributed by atoms with van der Waals surface area (Å²) in [5, 5.41) is 11.4. The van der Waals surface area contributed by atoms with Crippen molar-refractivity contribution < 1.29 is 9.84 Å². The molecule has 4 rings (SSSR count). The Morgan fingerprint density at radius 1 is 0.688 bits per heavy atom. The summed E-state index contributed by atoms with van der Waals surface area (Å²) >= 11 is 0. The number of phenolic OH excluding ortho intramolecular Hbond substituents is 1. The Balaban J connectivity index is 1.99. The smallest absolute Gasteiger partial charge is 0.130 e. The Morgan fingerprint density at radius 3 is 1.91 bits per heavy atom. The number of ether oxygens (including phenoxy) is 1. The highest BCUT2D eigenvalue weighted by Crippen LogP contribution is 2.46. The summed E-state index contributed by atoms with van der Waals surface area (Å²) in [7, 11) is 1.72. The first-order chi connectivity index (χ1) is 15.4. The van der Waals surface area contributed by atoms with Gasteiger partial charge in [0.2, 0.25) is 0 Å². The van der Waals surface area contributed by atoms with Gasteiger partial charge in [0.05, 0.1) is 7.11 Å². The van der Waals surface area contributed by atoms with E-state index < -0.39 is 0 Å². The molecule has 0 fully saturated rings. The van der Waals surface area contributed by atoms with E-state index in [9.17, 15) is 5.11 Å². The van der Waals surface area contributed by atoms with Crippen molar-refractivity contribution in [3.8, 4) is 22.6 Å². The molecule has 0 aliphatic rings. The molecular formula is C30H30O2. The van der Waals surface area contributed by atoms with Crippen molar-refractivity contribution in [2.45, 2.75) is 32.1 Å². The number of phenols is 1. The van der Waals surface area contributed by atoms with Crippen LogP contribution in [0, 0.1) is 0 Å². The fourth-order valence-corrected chi connectivity index (χ4v) is 4.43. The van der Waals surface area contributed by atoms with Crippen LogP contribution in [0.15, 0.2) is 97.1 Å². The zero-order chi connectivity index (χ0) is 22.7. The Hall–Kier alpha value is -3.52. The second-order valence-electron chi connectivity index (χ2n) is 9.13. The van der Waals surface area contributed by atoms with Gasteiger partial charge in [-0.25, -0.2) is 0 Å². The summed E-state index contributed by atoms with van der Waals surface area (Å²) < 4.78 is 6.01. The lowest BCUT2D eigenvalue weighted by Crippen LogP contribution is -2.14. The van der Waals surface area contributed by atoms with Crippen molar-refractivity contribution in [3.05, 3.63) is 119 Å². The van der Waals surface area contributed by atoms with Crippen LogP contribution in [-0.2, 0) is 5.41 Å². The minimum Gasteiger partial charge on any atom is -0.507 e. The van der Waals surface area contributed by atoms with E-state index >= 15 is 0 Å². The molecular weight excluding hydrogens is 392 g/mol. The van der Waals surface area contributed by atoms with Crippen molar-refractivity contribution in [1.29, 1.82) is 0 Å². The van der Waals surface area contributed by atoms with Crippen molar-refractivity contribution in [1.82, 2.24) is 0 Å². The SMILES string of the molecule is COc1c(-c2ccccc2)cccc1C(c1ccccc1)c1cccc(C(C)(C)C)c1O. The second kappa shape index (κ2) is 8.92. The van der Waals surface area contributed by atoms with Crippen LogP contribution in [0.1, 0.15) is 48.9 Å². The van der Waals surface area contributed by atoms with Crippen LogP contribution in [0.5, 0.6) is 11.5 Å². The fourth-order valence-electron chi connectivity index (χ4n) is 4.43. The van der Waals surface area contributed by atoms with Crippen LogP contribution in [0.25, 0.3) is 11.1 Å². The third kappa shape index (κ3) is 4.13. The van der Waals surface area contributed by atoms with E-state index in [0.717, 1.165) is 39.1 Å². The largest absolute Gasteiger partial charge is 0.507 e. The van der Waals surface area contributed by atoms with Gasteiger partial charge in [-0.2, -0.15) is 0 Å². The molecule has 0 amide bonds. The predicted octanol–water partition coefficient (Wildman–Crippen LogP) is 7.55. The number of aromatic hydroxyl groups is 1. The lowest BCUT2D eigenvalue weighted by Gasteiger charge is -2.27. The van der Waals surface area contributed by atoms with Gasteiger partial charge in [0.15, 0.2) is 0 Å². The van der Waals surface area contributed by atoms with Gasteiger partial charge in [0.25, 0.3) is 0 Å². The first kappa shape index (κ1) is 21.7. The van der Waals surface area contributed by atoms with Crippen LogP contribution < -0.4 is 4.74 Å². The van der Waals surface area contributed by atoms with Gasteiger partial charge in [-0.3, -0.25) is 0 Å². The number of rotatable bonds is 5. The Kier molecular flexibility index (Phi) is 6.05. The van der Waals surface area contributed by atoms with Crippen LogP contribution in [0.2, 0.25) is 0 Å². The quantitative estimate of drug-likeness (QED) is 0.337. The maximum absolute atomic E-state index is 11.4. The molecule has 0 heterocycles. The van der Waals surface area contributed by atoms with Gasteiger partial charge in [0, 0.05) is 22.6 Å². The van der Waals surface area contributed by atoms with Crippen molar-refractivity contribution in [2.75, 3.05) is 7.11 Å². The summed E-state index contributed by atoms with van der Waals surface area (Å²) in [6, 6.07) is 32.9. The molecule has 0 radical (unpaired) electrons. The number of benzene rings is 4. The standard InChI is InChI=1S/C30H30O2/c1-30(2,3)26-20-12-18-24(28(26)31)27(22-15-9-6-10-16-22)25-19-11-17-23(29(25)32-4)21-13-7-5-8-14-21/h5-20,27,31H,1-4H3. The molecule has 2 nitrogen and oxygen atoms in total. The molecule has 0 saturated heterocycles. The van der Waals surface area contributed by atoms with Crippen LogP contribution in [0.4, 0.5) is 0 Å². The van der Waals surface area contributed by atoms with E-state index in [-0.39, 0.29) is 11.3 Å². The van der Waals surface area contributed by atoms with E-state index in [0.29, 0.717) is 5.75 Å². The monoisotopic (exact) mass is 422 g/mol. The molecule has 1 atom stereocenters. The average molecular weight is 423 g/mol.